The molecular weight excluding hydrogens is 342 g/mol. The van der Waals surface area contributed by atoms with Gasteiger partial charge in [0.1, 0.15) is 12.3 Å². The number of carbonyl (C=O) groups is 2. The second-order valence-electron chi connectivity index (χ2n) is 5.71. The molecular formula is C16H17N5O5. The van der Waals surface area contributed by atoms with Crippen molar-refractivity contribution in [3.63, 3.8) is 0 Å². The molecule has 0 spiro atoms. The number of ether oxygens (including phenoxy) is 1. The lowest BCUT2D eigenvalue weighted by Gasteiger charge is -2.20. The van der Waals surface area contributed by atoms with Crippen molar-refractivity contribution in [3.05, 3.63) is 40.6 Å². The first-order valence-electron chi connectivity index (χ1n) is 7.94. The van der Waals surface area contributed by atoms with E-state index in [2.05, 4.69) is 10.4 Å². The normalized spacial score (nSPS) is 13.7. The highest BCUT2D eigenvalue weighted by Gasteiger charge is 2.25. The number of nitrogens with one attached hydrogen (secondary N) is 1. The molecule has 0 aliphatic carbocycles. The van der Waals surface area contributed by atoms with Gasteiger partial charge in [0, 0.05) is 18.7 Å². The van der Waals surface area contributed by atoms with E-state index in [0.29, 0.717) is 30.1 Å². The highest BCUT2D eigenvalue weighted by atomic mass is 16.6. The molecule has 26 heavy (non-hydrogen) atoms. The molecule has 1 N–H and O–H groups in total. The Balaban J connectivity index is 1.73. The lowest BCUT2D eigenvalue weighted by molar-refractivity contribution is -0.389. The van der Waals surface area contributed by atoms with Gasteiger partial charge in [-0.25, -0.2) is 0 Å². The van der Waals surface area contributed by atoms with E-state index >= 15 is 0 Å². The Morgan fingerprint density at radius 3 is 2.85 bits per heavy atom. The van der Waals surface area contributed by atoms with E-state index in [4.69, 9.17) is 4.74 Å². The fourth-order valence-corrected chi connectivity index (χ4v) is 2.77. The summed E-state index contributed by atoms with van der Waals surface area (Å²) >= 11 is 0. The molecule has 2 amide bonds. The van der Waals surface area contributed by atoms with Gasteiger partial charge in [-0.15, -0.1) is 0 Å². The number of aromatic nitrogens is 2. The highest BCUT2D eigenvalue weighted by molar-refractivity contribution is 5.98. The van der Waals surface area contributed by atoms with Crippen LogP contribution in [0.2, 0.25) is 0 Å². The molecule has 2 heterocycles. The molecule has 0 saturated carbocycles. The monoisotopic (exact) mass is 359 g/mol. The molecule has 1 aromatic carbocycles. The van der Waals surface area contributed by atoms with Crippen LogP contribution in [0, 0.1) is 10.1 Å². The summed E-state index contributed by atoms with van der Waals surface area (Å²) in [5, 5.41) is 17.0. The van der Waals surface area contributed by atoms with Crippen LogP contribution in [0.5, 0.6) is 5.75 Å². The van der Waals surface area contributed by atoms with Crippen molar-refractivity contribution in [1.29, 1.82) is 0 Å². The summed E-state index contributed by atoms with van der Waals surface area (Å²) < 4.78 is 6.48. The summed E-state index contributed by atoms with van der Waals surface area (Å²) in [6, 6.07) is 6.23. The van der Waals surface area contributed by atoms with E-state index in [9.17, 15) is 19.7 Å². The molecule has 1 aromatic heterocycles. The lowest BCUT2D eigenvalue weighted by Crippen LogP contribution is -2.25. The van der Waals surface area contributed by atoms with Crippen LogP contribution in [0.1, 0.15) is 12.8 Å². The Bertz CT molecular complexity index is 862. The van der Waals surface area contributed by atoms with Crippen LogP contribution in [0.25, 0.3) is 0 Å². The van der Waals surface area contributed by atoms with Crippen LogP contribution in [0.15, 0.2) is 30.5 Å². The molecule has 10 heteroatoms. The topological polar surface area (TPSA) is 120 Å². The minimum absolute atomic E-state index is 0.00984. The van der Waals surface area contributed by atoms with Crippen LogP contribution < -0.4 is 15.0 Å². The van der Waals surface area contributed by atoms with Crippen molar-refractivity contribution in [2.45, 2.75) is 19.4 Å². The molecule has 3 rings (SSSR count). The van der Waals surface area contributed by atoms with Crippen LogP contribution in [0.4, 0.5) is 17.2 Å². The molecule has 136 valence electrons. The van der Waals surface area contributed by atoms with Crippen molar-refractivity contribution in [2.75, 3.05) is 23.9 Å². The number of hydrogen-bond donors (Lipinski definition) is 1. The number of anilines is 2. The molecule has 1 aliphatic heterocycles. The molecule has 10 nitrogen and oxygen atoms in total. The minimum atomic E-state index is -0.628. The molecule has 0 radical (unpaired) electrons. The number of methoxy groups -OCH3 is 1. The largest absolute Gasteiger partial charge is 0.495 e. The van der Waals surface area contributed by atoms with Gasteiger partial charge in [0.25, 0.3) is 0 Å². The predicted octanol–water partition coefficient (Wildman–Crippen LogP) is 1.57. The average molecular weight is 359 g/mol. The second-order valence-corrected chi connectivity index (χ2v) is 5.71. The smallest absolute Gasteiger partial charge is 0.389 e. The number of benzene rings is 1. The van der Waals surface area contributed by atoms with E-state index in [-0.39, 0.29) is 18.3 Å². The highest BCUT2D eigenvalue weighted by Crippen LogP contribution is 2.34. The first-order chi connectivity index (χ1) is 12.5. The zero-order chi connectivity index (χ0) is 18.7. The zero-order valence-corrected chi connectivity index (χ0v) is 14.0. The molecule has 1 fully saturated rings. The lowest BCUT2D eigenvalue weighted by atomic mass is 10.2. The van der Waals surface area contributed by atoms with Crippen molar-refractivity contribution < 1.29 is 19.2 Å². The maximum atomic E-state index is 12.2. The summed E-state index contributed by atoms with van der Waals surface area (Å²) in [4.78, 5) is 35.8. The number of rotatable bonds is 6. The van der Waals surface area contributed by atoms with E-state index in [1.807, 2.05) is 0 Å². The quantitative estimate of drug-likeness (QED) is 0.617. The second kappa shape index (κ2) is 7.21. The molecule has 0 atom stereocenters. The number of amides is 2. The third kappa shape index (κ3) is 3.63. The van der Waals surface area contributed by atoms with Crippen molar-refractivity contribution >= 4 is 29.0 Å². The van der Waals surface area contributed by atoms with E-state index < -0.39 is 10.8 Å². The Morgan fingerprint density at radius 1 is 1.42 bits per heavy atom. The van der Waals surface area contributed by atoms with Gasteiger partial charge in [0.2, 0.25) is 11.8 Å². The Hall–Kier alpha value is -3.43. The Labute approximate surface area is 148 Å². The average Bonchev–Trinajstić information content (AvgIpc) is 3.23. The number of nitro groups is 1. The van der Waals surface area contributed by atoms with Crippen molar-refractivity contribution in [1.82, 2.24) is 9.78 Å². The standard InChI is InChI=1S/C16H17N5O5/c1-26-13-5-4-11(9-12(13)20-7-2-3-16(20)23)17-15(22)10-19-8-6-14(18-19)21(24)25/h4-6,8-9H,2-3,7,10H2,1H3,(H,17,22). The van der Waals surface area contributed by atoms with Gasteiger partial charge in [-0.1, -0.05) is 0 Å². The summed E-state index contributed by atoms with van der Waals surface area (Å²) in [6.45, 7) is 0.432. The number of hydrogen-bond acceptors (Lipinski definition) is 6. The van der Waals surface area contributed by atoms with Crippen LogP contribution in [-0.4, -0.2) is 40.2 Å². The van der Waals surface area contributed by atoms with Gasteiger partial charge in [-0.3, -0.25) is 9.59 Å². The predicted molar refractivity (Wildman–Crippen MR) is 92.1 cm³/mol. The van der Waals surface area contributed by atoms with Crippen molar-refractivity contribution in [3.8, 4) is 5.75 Å². The molecule has 1 aliphatic rings. The van der Waals surface area contributed by atoms with Crippen LogP contribution >= 0.6 is 0 Å². The molecule has 2 aromatic rings. The van der Waals surface area contributed by atoms with Crippen molar-refractivity contribution in [2.24, 2.45) is 0 Å². The first kappa shape index (κ1) is 17.4. The van der Waals surface area contributed by atoms with Gasteiger partial charge in [0.05, 0.1) is 30.2 Å². The molecule has 0 unspecified atom stereocenters. The minimum Gasteiger partial charge on any atom is -0.495 e. The fraction of sp³-hybridized carbons (Fsp3) is 0.312. The summed E-state index contributed by atoms with van der Waals surface area (Å²) in [5.74, 6) is -0.166. The third-order valence-electron chi connectivity index (χ3n) is 3.95. The molecule has 0 bridgehead atoms. The van der Waals surface area contributed by atoms with Gasteiger partial charge in [0.15, 0.2) is 0 Å². The zero-order valence-electron chi connectivity index (χ0n) is 14.0. The van der Waals surface area contributed by atoms with Gasteiger partial charge in [-0.05, 0) is 29.5 Å². The van der Waals surface area contributed by atoms with E-state index in [1.54, 1.807) is 23.1 Å². The SMILES string of the molecule is COc1ccc(NC(=O)Cn2ccc([N+](=O)[O-])n2)cc1N1CCCC1=O. The Kier molecular flexibility index (Phi) is 4.83. The third-order valence-corrected chi connectivity index (χ3v) is 3.95. The van der Waals surface area contributed by atoms with E-state index in [1.165, 1.54) is 24.1 Å². The summed E-state index contributed by atoms with van der Waals surface area (Å²) in [6.07, 6.45) is 2.62. The maximum Gasteiger partial charge on any atom is 0.389 e. The van der Waals surface area contributed by atoms with Gasteiger partial charge < -0.3 is 25.1 Å². The summed E-state index contributed by atoms with van der Waals surface area (Å²) in [7, 11) is 1.52. The van der Waals surface area contributed by atoms with Gasteiger partial charge in [-0.2, -0.15) is 4.68 Å². The maximum absolute atomic E-state index is 12.2. The Morgan fingerprint density at radius 2 is 2.23 bits per heavy atom. The number of nitrogens with zero attached hydrogens (tertiary/aromatic N) is 4. The molecule has 1 saturated heterocycles. The first-order valence-corrected chi connectivity index (χ1v) is 7.94. The summed E-state index contributed by atoms with van der Waals surface area (Å²) in [5.41, 5.74) is 1.09. The van der Waals surface area contributed by atoms with Crippen LogP contribution in [-0.2, 0) is 16.1 Å². The number of carbonyl (C=O) groups excluding carboxylic acids is 2. The van der Waals surface area contributed by atoms with E-state index in [0.717, 1.165) is 6.42 Å². The van der Waals surface area contributed by atoms with Crippen LogP contribution in [0.3, 0.4) is 0 Å². The van der Waals surface area contributed by atoms with Gasteiger partial charge >= 0.3 is 5.82 Å². The fourth-order valence-electron chi connectivity index (χ4n) is 2.77.